The fourth-order valence-corrected chi connectivity index (χ4v) is 2.10. The molecule has 106 valence electrons. The summed E-state index contributed by atoms with van der Waals surface area (Å²) in [5.74, 6) is -0.435. The fraction of sp³-hybridized carbons (Fsp3) is 0.312. The molecule has 0 saturated carbocycles. The first-order valence-electron chi connectivity index (χ1n) is 6.65. The number of rotatable bonds is 5. The van der Waals surface area contributed by atoms with Crippen LogP contribution in [0.5, 0.6) is 0 Å². The molecule has 0 aromatic heterocycles. The summed E-state index contributed by atoms with van der Waals surface area (Å²) in [6, 6.07) is 9.89. The Morgan fingerprint density at radius 1 is 1.20 bits per heavy atom. The average Bonchev–Trinajstić information content (AvgIpc) is 2.47. The molecule has 0 aliphatic carbocycles. The summed E-state index contributed by atoms with van der Waals surface area (Å²) in [5.41, 5.74) is 0.515. The van der Waals surface area contributed by atoms with E-state index in [0.29, 0.717) is 36.1 Å². The van der Waals surface area contributed by atoms with Crippen molar-refractivity contribution in [3.8, 4) is 0 Å². The predicted octanol–water partition coefficient (Wildman–Crippen LogP) is 3.09. The molecular formula is C16H18FNO2. The summed E-state index contributed by atoms with van der Waals surface area (Å²) in [5, 5.41) is 1.11. The molecule has 0 heterocycles. The summed E-state index contributed by atoms with van der Waals surface area (Å²) in [6.45, 7) is 3.55. The maximum atomic E-state index is 13.7. The predicted molar refractivity (Wildman–Crippen MR) is 77.4 cm³/mol. The van der Waals surface area contributed by atoms with E-state index in [1.165, 1.54) is 12.1 Å². The van der Waals surface area contributed by atoms with Crippen molar-refractivity contribution in [2.24, 2.45) is 0 Å². The molecule has 0 unspecified atom stereocenters. The van der Waals surface area contributed by atoms with Crippen LogP contribution in [-0.2, 0) is 4.74 Å². The highest BCUT2D eigenvalue weighted by Gasteiger charge is 2.15. The van der Waals surface area contributed by atoms with Crippen LogP contribution in [0.15, 0.2) is 36.4 Å². The summed E-state index contributed by atoms with van der Waals surface area (Å²) in [7, 11) is 1.72. The third-order valence-electron chi connectivity index (χ3n) is 3.22. The van der Waals surface area contributed by atoms with Gasteiger partial charge in [0.1, 0.15) is 5.82 Å². The van der Waals surface area contributed by atoms with Crippen LogP contribution in [0.2, 0.25) is 0 Å². The number of hydrogen-bond acceptors (Lipinski definition) is 2. The average molecular weight is 275 g/mol. The third kappa shape index (κ3) is 2.96. The molecule has 2 rings (SSSR count). The van der Waals surface area contributed by atoms with Crippen molar-refractivity contribution in [3.05, 3.63) is 47.8 Å². The van der Waals surface area contributed by atoms with Crippen LogP contribution in [-0.4, -0.2) is 37.6 Å². The van der Waals surface area contributed by atoms with Crippen molar-refractivity contribution >= 4 is 16.7 Å². The molecule has 0 bridgehead atoms. The molecule has 0 saturated heterocycles. The molecule has 0 spiro atoms. The van der Waals surface area contributed by atoms with Gasteiger partial charge >= 0.3 is 0 Å². The Bertz CT molecular complexity index is 612. The molecule has 0 aliphatic rings. The van der Waals surface area contributed by atoms with E-state index in [-0.39, 0.29) is 11.7 Å². The largest absolute Gasteiger partial charge is 0.380 e. The Balaban J connectivity index is 2.28. The van der Waals surface area contributed by atoms with Crippen LogP contribution in [0.3, 0.4) is 0 Å². The maximum absolute atomic E-state index is 13.7. The van der Waals surface area contributed by atoms with E-state index in [1.807, 2.05) is 6.92 Å². The molecule has 20 heavy (non-hydrogen) atoms. The van der Waals surface area contributed by atoms with Crippen molar-refractivity contribution in [1.29, 1.82) is 0 Å². The highest BCUT2D eigenvalue weighted by molar-refractivity contribution is 6.07. The Hall–Kier alpha value is -1.94. The Labute approximate surface area is 118 Å². The monoisotopic (exact) mass is 275 g/mol. The van der Waals surface area contributed by atoms with Gasteiger partial charge in [-0.2, -0.15) is 0 Å². The Morgan fingerprint density at radius 3 is 2.60 bits per heavy atom. The summed E-state index contributed by atoms with van der Waals surface area (Å²) >= 11 is 0. The Kier molecular flexibility index (Phi) is 4.69. The van der Waals surface area contributed by atoms with Gasteiger partial charge in [-0.1, -0.05) is 24.3 Å². The van der Waals surface area contributed by atoms with Gasteiger partial charge in [-0.25, -0.2) is 4.39 Å². The second-order valence-corrected chi connectivity index (χ2v) is 4.56. The molecule has 0 atom stereocenters. The number of carbonyl (C=O) groups excluding carboxylic acids is 1. The minimum Gasteiger partial charge on any atom is -0.380 e. The van der Waals surface area contributed by atoms with Gasteiger partial charge in [0.2, 0.25) is 0 Å². The highest BCUT2D eigenvalue weighted by atomic mass is 19.1. The quantitative estimate of drug-likeness (QED) is 0.785. The third-order valence-corrected chi connectivity index (χ3v) is 3.22. The number of carbonyl (C=O) groups is 1. The smallest absolute Gasteiger partial charge is 0.254 e. The lowest BCUT2D eigenvalue weighted by Crippen LogP contribution is -2.30. The summed E-state index contributed by atoms with van der Waals surface area (Å²) in [4.78, 5) is 14.0. The first kappa shape index (κ1) is 14.5. The van der Waals surface area contributed by atoms with Gasteiger partial charge in [0, 0.05) is 31.1 Å². The van der Waals surface area contributed by atoms with E-state index in [9.17, 15) is 9.18 Å². The van der Waals surface area contributed by atoms with Gasteiger partial charge in [-0.15, -0.1) is 0 Å². The first-order valence-corrected chi connectivity index (χ1v) is 6.65. The Morgan fingerprint density at radius 2 is 1.90 bits per heavy atom. The second kappa shape index (κ2) is 6.48. The highest BCUT2D eigenvalue weighted by Crippen LogP contribution is 2.22. The van der Waals surface area contributed by atoms with Gasteiger partial charge in [0.05, 0.1) is 6.61 Å². The zero-order chi connectivity index (χ0) is 14.5. The maximum Gasteiger partial charge on any atom is 0.254 e. The van der Waals surface area contributed by atoms with Gasteiger partial charge < -0.3 is 9.64 Å². The minimum atomic E-state index is -0.311. The lowest BCUT2D eigenvalue weighted by molar-refractivity contribution is 0.0711. The first-order chi connectivity index (χ1) is 9.65. The number of nitrogens with zero attached hydrogens (tertiary/aromatic N) is 1. The number of benzene rings is 2. The van der Waals surface area contributed by atoms with Crippen molar-refractivity contribution < 1.29 is 13.9 Å². The molecule has 0 aliphatic heterocycles. The van der Waals surface area contributed by atoms with Crippen LogP contribution < -0.4 is 0 Å². The van der Waals surface area contributed by atoms with Crippen molar-refractivity contribution in [3.63, 3.8) is 0 Å². The van der Waals surface area contributed by atoms with Crippen molar-refractivity contribution in [1.82, 2.24) is 4.90 Å². The molecule has 1 amide bonds. The number of halogens is 1. The molecule has 0 fully saturated rings. The topological polar surface area (TPSA) is 29.5 Å². The van der Waals surface area contributed by atoms with Gasteiger partial charge in [0.15, 0.2) is 0 Å². The molecule has 0 N–H and O–H groups in total. The number of fused-ring (bicyclic) bond motifs is 1. The van der Waals surface area contributed by atoms with Crippen LogP contribution in [0.4, 0.5) is 4.39 Å². The number of amides is 1. The van der Waals surface area contributed by atoms with E-state index in [0.717, 1.165) is 0 Å². The zero-order valence-electron chi connectivity index (χ0n) is 11.7. The molecule has 4 heteroatoms. The summed E-state index contributed by atoms with van der Waals surface area (Å²) < 4.78 is 19.0. The van der Waals surface area contributed by atoms with Crippen molar-refractivity contribution in [2.45, 2.75) is 6.92 Å². The standard InChI is InChI=1S/C16H18FNO2/c1-3-20-11-10-18(2)16(19)14-8-9-15(17)13-7-5-4-6-12(13)14/h4-9H,3,10-11H2,1-2H3. The van der Waals surface area contributed by atoms with E-state index in [2.05, 4.69) is 0 Å². The van der Waals surface area contributed by atoms with Crippen LogP contribution >= 0.6 is 0 Å². The van der Waals surface area contributed by atoms with E-state index in [4.69, 9.17) is 4.74 Å². The molecule has 0 radical (unpaired) electrons. The molecular weight excluding hydrogens is 257 g/mol. The van der Waals surface area contributed by atoms with Gasteiger partial charge in [0.25, 0.3) is 5.91 Å². The van der Waals surface area contributed by atoms with E-state index < -0.39 is 0 Å². The summed E-state index contributed by atoms with van der Waals surface area (Å²) in [6.07, 6.45) is 0. The lowest BCUT2D eigenvalue weighted by atomic mass is 10.0. The number of hydrogen-bond donors (Lipinski definition) is 0. The molecule has 2 aromatic carbocycles. The lowest BCUT2D eigenvalue weighted by Gasteiger charge is -2.18. The van der Waals surface area contributed by atoms with Crippen molar-refractivity contribution in [2.75, 3.05) is 26.8 Å². The number of ether oxygens (including phenoxy) is 1. The molecule has 3 nitrogen and oxygen atoms in total. The zero-order valence-corrected chi connectivity index (χ0v) is 11.7. The van der Waals surface area contributed by atoms with Crippen LogP contribution in [0.1, 0.15) is 17.3 Å². The van der Waals surface area contributed by atoms with Crippen LogP contribution in [0, 0.1) is 5.82 Å². The minimum absolute atomic E-state index is 0.124. The number of likely N-dealkylation sites (N-methyl/N-ethyl adjacent to an activating group) is 1. The van der Waals surface area contributed by atoms with E-state index in [1.54, 1.807) is 36.2 Å². The second-order valence-electron chi connectivity index (χ2n) is 4.56. The van der Waals surface area contributed by atoms with Crippen LogP contribution in [0.25, 0.3) is 10.8 Å². The van der Waals surface area contributed by atoms with E-state index >= 15 is 0 Å². The molecule has 2 aromatic rings. The SMILES string of the molecule is CCOCCN(C)C(=O)c1ccc(F)c2ccccc12. The normalized spacial score (nSPS) is 10.8. The fourth-order valence-electron chi connectivity index (χ4n) is 2.10. The van der Waals surface area contributed by atoms with Gasteiger partial charge in [-0.3, -0.25) is 4.79 Å². The van der Waals surface area contributed by atoms with Gasteiger partial charge in [-0.05, 0) is 24.4 Å².